The first-order valence-electron chi connectivity index (χ1n) is 5.83. The van der Waals surface area contributed by atoms with Crippen LogP contribution in [0.15, 0.2) is 18.2 Å². The molecule has 1 aromatic rings. The summed E-state index contributed by atoms with van der Waals surface area (Å²) in [6, 6.07) is 5.52. The quantitative estimate of drug-likeness (QED) is 0.785. The smallest absolute Gasteiger partial charge is 0.258 e. The van der Waals surface area contributed by atoms with Crippen LogP contribution in [-0.2, 0) is 11.2 Å². The summed E-state index contributed by atoms with van der Waals surface area (Å²) in [6.07, 6.45) is -0.0778. The van der Waals surface area contributed by atoms with Crippen LogP contribution < -0.4 is 20.9 Å². The van der Waals surface area contributed by atoms with Crippen LogP contribution in [0.1, 0.15) is 19.4 Å². The maximum absolute atomic E-state index is 11.1. The van der Waals surface area contributed by atoms with Gasteiger partial charge < -0.3 is 20.9 Å². The molecule has 1 amide bonds. The first-order valence-corrected chi connectivity index (χ1v) is 5.83. The van der Waals surface area contributed by atoms with Crippen molar-refractivity contribution in [3.8, 4) is 11.5 Å². The molecule has 18 heavy (non-hydrogen) atoms. The molecule has 1 aromatic carbocycles. The average molecular weight is 252 g/mol. The molecule has 2 unspecified atom stereocenters. The second-order valence-electron chi connectivity index (χ2n) is 4.29. The number of methoxy groups -OCH3 is 1. The van der Waals surface area contributed by atoms with E-state index in [2.05, 4.69) is 0 Å². The van der Waals surface area contributed by atoms with Gasteiger partial charge in [0.05, 0.1) is 7.11 Å². The van der Waals surface area contributed by atoms with Crippen LogP contribution in [0.2, 0.25) is 0 Å². The van der Waals surface area contributed by atoms with Gasteiger partial charge in [0.2, 0.25) is 0 Å². The number of carbonyl (C=O) groups excluding carboxylic acids is 1. The Hall–Kier alpha value is -1.75. The maximum atomic E-state index is 11.1. The number of nitrogens with two attached hydrogens (primary N) is 2. The van der Waals surface area contributed by atoms with Crippen LogP contribution >= 0.6 is 0 Å². The minimum Gasteiger partial charge on any atom is -0.493 e. The van der Waals surface area contributed by atoms with Gasteiger partial charge in [-0.1, -0.05) is 12.1 Å². The minimum atomic E-state index is -0.715. The van der Waals surface area contributed by atoms with E-state index in [4.69, 9.17) is 20.9 Å². The van der Waals surface area contributed by atoms with Crippen LogP contribution in [0.4, 0.5) is 0 Å². The largest absolute Gasteiger partial charge is 0.493 e. The van der Waals surface area contributed by atoms with E-state index in [1.807, 2.05) is 19.1 Å². The van der Waals surface area contributed by atoms with Gasteiger partial charge in [-0.05, 0) is 31.9 Å². The summed E-state index contributed by atoms with van der Waals surface area (Å²) in [6.45, 7) is 3.51. The van der Waals surface area contributed by atoms with Crippen molar-refractivity contribution in [2.24, 2.45) is 11.5 Å². The summed E-state index contributed by atoms with van der Waals surface area (Å²) in [5, 5.41) is 0. The fourth-order valence-corrected chi connectivity index (χ4v) is 1.60. The van der Waals surface area contributed by atoms with Gasteiger partial charge >= 0.3 is 0 Å². The Labute approximate surface area is 107 Å². The molecule has 0 spiro atoms. The van der Waals surface area contributed by atoms with E-state index in [1.165, 1.54) is 0 Å². The van der Waals surface area contributed by atoms with Crippen molar-refractivity contribution in [3.63, 3.8) is 0 Å². The summed E-state index contributed by atoms with van der Waals surface area (Å²) < 4.78 is 10.8. The predicted octanol–water partition coefficient (Wildman–Crippen LogP) is 0.838. The highest BCUT2D eigenvalue weighted by atomic mass is 16.5. The van der Waals surface area contributed by atoms with Crippen molar-refractivity contribution in [3.05, 3.63) is 23.8 Å². The van der Waals surface area contributed by atoms with Gasteiger partial charge in [0.25, 0.3) is 5.91 Å². The fraction of sp³-hybridized carbons (Fsp3) is 0.462. The van der Waals surface area contributed by atoms with E-state index in [-0.39, 0.29) is 6.04 Å². The van der Waals surface area contributed by atoms with Gasteiger partial charge in [-0.3, -0.25) is 4.79 Å². The van der Waals surface area contributed by atoms with Gasteiger partial charge in [-0.15, -0.1) is 0 Å². The van der Waals surface area contributed by atoms with Crippen molar-refractivity contribution < 1.29 is 14.3 Å². The molecular weight excluding hydrogens is 232 g/mol. The lowest BCUT2D eigenvalue weighted by Crippen LogP contribution is -2.31. The Kier molecular flexibility index (Phi) is 4.97. The molecule has 0 aromatic heterocycles. The minimum absolute atomic E-state index is 0.0108. The summed E-state index contributed by atoms with van der Waals surface area (Å²) in [5.74, 6) is 0.581. The second kappa shape index (κ2) is 6.26. The molecule has 5 nitrogen and oxygen atoms in total. The van der Waals surface area contributed by atoms with Crippen LogP contribution in [0, 0.1) is 0 Å². The third-order valence-electron chi connectivity index (χ3n) is 2.52. The summed E-state index contributed by atoms with van der Waals surface area (Å²) >= 11 is 0. The Morgan fingerprint density at radius 3 is 2.56 bits per heavy atom. The number of ether oxygens (including phenoxy) is 2. The number of hydrogen-bond donors (Lipinski definition) is 2. The molecule has 5 heteroatoms. The third-order valence-corrected chi connectivity index (χ3v) is 2.52. The topological polar surface area (TPSA) is 87.6 Å². The molecule has 0 saturated carbocycles. The molecular formula is C13H20N2O3. The van der Waals surface area contributed by atoms with Crippen molar-refractivity contribution in [2.75, 3.05) is 7.11 Å². The van der Waals surface area contributed by atoms with E-state index in [0.29, 0.717) is 17.9 Å². The molecule has 0 saturated heterocycles. The highest BCUT2D eigenvalue weighted by Gasteiger charge is 2.17. The van der Waals surface area contributed by atoms with Crippen molar-refractivity contribution >= 4 is 5.91 Å². The standard InChI is InChI=1S/C13H20N2O3/c1-8(14)7-10-5-4-6-11(17-3)12(10)18-9(2)13(15)16/h4-6,8-9H,7,14H2,1-3H3,(H2,15,16). The highest BCUT2D eigenvalue weighted by Crippen LogP contribution is 2.32. The molecule has 100 valence electrons. The van der Waals surface area contributed by atoms with Crippen LogP contribution in [0.5, 0.6) is 11.5 Å². The average Bonchev–Trinajstić information content (AvgIpc) is 2.30. The Bertz CT molecular complexity index is 419. The normalized spacial score (nSPS) is 13.8. The molecule has 4 N–H and O–H groups in total. The van der Waals surface area contributed by atoms with Crippen molar-refractivity contribution in [1.82, 2.24) is 0 Å². The zero-order valence-electron chi connectivity index (χ0n) is 11.0. The number of primary amides is 1. The molecule has 0 fully saturated rings. The molecule has 0 aliphatic heterocycles. The molecule has 0 heterocycles. The van der Waals surface area contributed by atoms with Gasteiger partial charge in [0, 0.05) is 6.04 Å². The molecule has 1 rings (SSSR count). The number of amides is 1. The molecule has 0 aliphatic carbocycles. The van der Waals surface area contributed by atoms with E-state index < -0.39 is 12.0 Å². The zero-order chi connectivity index (χ0) is 13.7. The van der Waals surface area contributed by atoms with Crippen LogP contribution in [0.25, 0.3) is 0 Å². The monoisotopic (exact) mass is 252 g/mol. The van der Waals surface area contributed by atoms with E-state index >= 15 is 0 Å². The van der Waals surface area contributed by atoms with E-state index in [0.717, 1.165) is 5.56 Å². The van der Waals surface area contributed by atoms with E-state index in [1.54, 1.807) is 20.1 Å². The summed E-state index contributed by atoms with van der Waals surface area (Å²) in [4.78, 5) is 11.1. The lowest BCUT2D eigenvalue weighted by atomic mass is 10.1. The van der Waals surface area contributed by atoms with Crippen molar-refractivity contribution in [2.45, 2.75) is 32.4 Å². The van der Waals surface area contributed by atoms with Gasteiger partial charge in [-0.25, -0.2) is 0 Å². The van der Waals surface area contributed by atoms with Crippen molar-refractivity contribution in [1.29, 1.82) is 0 Å². The summed E-state index contributed by atoms with van der Waals surface area (Å²) in [5.41, 5.74) is 11.9. The van der Waals surface area contributed by atoms with Crippen LogP contribution in [0.3, 0.4) is 0 Å². The molecule has 0 aliphatic rings. The third kappa shape index (κ3) is 3.63. The number of rotatable bonds is 6. The number of hydrogen-bond acceptors (Lipinski definition) is 4. The lowest BCUT2D eigenvalue weighted by Gasteiger charge is -2.18. The first-order chi connectivity index (χ1) is 8.45. The van der Waals surface area contributed by atoms with Crippen LogP contribution in [-0.4, -0.2) is 25.2 Å². The first kappa shape index (κ1) is 14.3. The number of benzene rings is 1. The fourth-order valence-electron chi connectivity index (χ4n) is 1.60. The second-order valence-corrected chi connectivity index (χ2v) is 4.29. The Balaban J connectivity index is 3.07. The number of carbonyl (C=O) groups is 1. The SMILES string of the molecule is COc1cccc(CC(C)N)c1OC(C)C(N)=O. The van der Waals surface area contributed by atoms with Gasteiger partial charge in [0.1, 0.15) is 0 Å². The molecule has 0 radical (unpaired) electrons. The van der Waals surface area contributed by atoms with E-state index in [9.17, 15) is 4.79 Å². The lowest BCUT2D eigenvalue weighted by molar-refractivity contribution is -0.124. The zero-order valence-corrected chi connectivity index (χ0v) is 11.0. The molecule has 0 bridgehead atoms. The Morgan fingerprint density at radius 2 is 2.06 bits per heavy atom. The number of para-hydroxylation sites is 1. The molecule has 2 atom stereocenters. The van der Waals surface area contributed by atoms with Gasteiger partial charge in [0.15, 0.2) is 17.6 Å². The maximum Gasteiger partial charge on any atom is 0.258 e. The highest BCUT2D eigenvalue weighted by molar-refractivity contribution is 5.78. The predicted molar refractivity (Wildman–Crippen MR) is 69.6 cm³/mol. The van der Waals surface area contributed by atoms with Gasteiger partial charge in [-0.2, -0.15) is 0 Å². The summed E-state index contributed by atoms with van der Waals surface area (Å²) in [7, 11) is 1.55. The Morgan fingerprint density at radius 1 is 1.39 bits per heavy atom.